The maximum atomic E-state index is 11.8. The molecule has 0 unspecified atom stereocenters. The summed E-state index contributed by atoms with van der Waals surface area (Å²) < 4.78 is 7.83. The number of carbonyl (C=O) groups is 1. The van der Waals surface area contributed by atoms with Gasteiger partial charge in [0.1, 0.15) is 11.1 Å². The molecule has 0 amide bonds. The molecule has 4 rings (SSSR count). The van der Waals surface area contributed by atoms with E-state index in [4.69, 9.17) is 9.72 Å². The SMILES string of the molecule is COc1c(C(=O)O)ccc2c1nc(Nc1ccc(C(C)C)cc1)n2C1CC(C)(C)CC(C)(C)C1. The lowest BCUT2D eigenvalue weighted by molar-refractivity contribution is 0.0693. The Balaban J connectivity index is 1.88. The van der Waals surface area contributed by atoms with Gasteiger partial charge in [-0.2, -0.15) is 0 Å². The molecule has 1 fully saturated rings. The van der Waals surface area contributed by atoms with E-state index in [0.717, 1.165) is 30.5 Å². The van der Waals surface area contributed by atoms with E-state index >= 15 is 0 Å². The predicted octanol–water partition coefficient (Wildman–Crippen LogP) is 7.39. The molecule has 1 aliphatic carbocycles. The summed E-state index contributed by atoms with van der Waals surface area (Å²) in [5, 5.41) is 13.2. The molecule has 6 heteroatoms. The molecule has 0 bridgehead atoms. The molecule has 1 aromatic heterocycles. The van der Waals surface area contributed by atoms with Crippen LogP contribution in [0.5, 0.6) is 5.75 Å². The van der Waals surface area contributed by atoms with Gasteiger partial charge in [-0.15, -0.1) is 0 Å². The number of hydrogen-bond donors (Lipinski definition) is 2. The monoisotopic (exact) mass is 463 g/mol. The van der Waals surface area contributed by atoms with Crippen molar-refractivity contribution >= 4 is 28.6 Å². The van der Waals surface area contributed by atoms with Crippen LogP contribution in [0.2, 0.25) is 0 Å². The van der Waals surface area contributed by atoms with Crippen molar-refractivity contribution in [3.05, 3.63) is 47.5 Å². The third kappa shape index (κ3) is 4.63. The van der Waals surface area contributed by atoms with Crippen molar-refractivity contribution in [1.82, 2.24) is 9.55 Å². The van der Waals surface area contributed by atoms with Crippen molar-refractivity contribution in [2.45, 2.75) is 72.8 Å². The van der Waals surface area contributed by atoms with Gasteiger partial charge in [0, 0.05) is 11.7 Å². The number of fused-ring (bicyclic) bond motifs is 1. The second kappa shape index (κ2) is 8.64. The summed E-state index contributed by atoms with van der Waals surface area (Å²) in [7, 11) is 1.50. The molecule has 0 saturated heterocycles. The highest BCUT2D eigenvalue weighted by Crippen LogP contribution is 2.51. The zero-order valence-electron chi connectivity index (χ0n) is 21.4. The van der Waals surface area contributed by atoms with Gasteiger partial charge in [-0.05, 0) is 65.8 Å². The number of aromatic carboxylic acids is 1. The number of benzene rings is 2. The third-order valence-electron chi connectivity index (χ3n) is 6.98. The van der Waals surface area contributed by atoms with Gasteiger partial charge in [0.05, 0.1) is 12.6 Å². The molecule has 1 saturated carbocycles. The fraction of sp³-hybridized carbons (Fsp3) is 0.500. The molecule has 2 N–H and O–H groups in total. The van der Waals surface area contributed by atoms with Gasteiger partial charge in [0.25, 0.3) is 0 Å². The molecule has 3 aromatic rings. The Morgan fingerprint density at radius 3 is 2.24 bits per heavy atom. The van der Waals surface area contributed by atoms with Gasteiger partial charge < -0.3 is 19.7 Å². The van der Waals surface area contributed by atoms with Crippen LogP contribution < -0.4 is 10.1 Å². The van der Waals surface area contributed by atoms with Crippen molar-refractivity contribution in [3.63, 3.8) is 0 Å². The molecular formula is C28H37N3O3. The summed E-state index contributed by atoms with van der Waals surface area (Å²) in [6.45, 7) is 13.7. The minimum atomic E-state index is -1.02. The number of anilines is 2. The Kier molecular flexibility index (Phi) is 6.13. The van der Waals surface area contributed by atoms with E-state index in [2.05, 4.69) is 75.7 Å². The highest BCUT2D eigenvalue weighted by Gasteiger charge is 2.40. The van der Waals surface area contributed by atoms with E-state index < -0.39 is 5.97 Å². The average molecular weight is 464 g/mol. The van der Waals surface area contributed by atoms with Crippen LogP contribution in [0, 0.1) is 10.8 Å². The first-order valence-corrected chi connectivity index (χ1v) is 12.1. The summed E-state index contributed by atoms with van der Waals surface area (Å²) >= 11 is 0. The van der Waals surface area contributed by atoms with Crippen LogP contribution in [0.25, 0.3) is 11.0 Å². The summed E-state index contributed by atoms with van der Waals surface area (Å²) in [5.41, 5.74) is 4.19. The van der Waals surface area contributed by atoms with E-state index in [1.807, 2.05) is 6.07 Å². The van der Waals surface area contributed by atoms with Gasteiger partial charge in [-0.25, -0.2) is 9.78 Å². The molecule has 1 heterocycles. The average Bonchev–Trinajstić information content (AvgIpc) is 3.09. The minimum Gasteiger partial charge on any atom is -0.493 e. The van der Waals surface area contributed by atoms with Gasteiger partial charge >= 0.3 is 5.97 Å². The first kappa shape index (κ1) is 24.1. The lowest BCUT2D eigenvalue weighted by Gasteiger charge is -2.45. The lowest BCUT2D eigenvalue weighted by Crippen LogP contribution is -2.35. The first-order chi connectivity index (χ1) is 15.9. The maximum Gasteiger partial charge on any atom is 0.339 e. The number of carboxylic acid groups (broad SMARTS) is 1. The third-order valence-corrected chi connectivity index (χ3v) is 6.98. The lowest BCUT2D eigenvalue weighted by atomic mass is 9.63. The number of ether oxygens (including phenoxy) is 1. The first-order valence-electron chi connectivity index (χ1n) is 12.1. The van der Waals surface area contributed by atoms with Gasteiger partial charge in [-0.1, -0.05) is 53.7 Å². The summed E-state index contributed by atoms with van der Waals surface area (Å²) in [5.74, 6) is 0.457. The molecule has 0 atom stereocenters. The molecule has 6 nitrogen and oxygen atoms in total. The van der Waals surface area contributed by atoms with E-state index in [1.54, 1.807) is 6.07 Å². The quantitative estimate of drug-likeness (QED) is 0.399. The Morgan fingerprint density at radius 1 is 1.09 bits per heavy atom. The Morgan fingerprint density at radius 2 is 1.71 bits per heavy atom. The highest BCUT2D eigenvalue weighted by atomic mass is 16.5. The normalized spacial score (nSPS) is 17.8. The Bertz CT molecular complexity index is 1190. The number of aromatic nitrogens is 2. The van der Waals surface area contributed by atoms with Crippen molar-refractivity contribution in [2.24, 2.45) is 10.8 Å². The Hall–Kier alpha value is -3.02. The van der Waals surface area contributed by atoms with E-state index in [-0.39, 0.29) is 22.4 Å². The second-order valence-electron chi connectivity index (χ2n) is 11.6. The number of imidazole rings is 1. The van der Waals surface area contributed by atoms with Crippen molar-refractivity contribution < 1.29 is 14.6 Å². The highest BCUT2D eigenvalue weighted by molar-refractivity contribution is 5.99. The van der Waals surface area contributed by atoms with Gasteiger partial charge in [0.2, 0.25) is 5.95 Å². The molecule has 1 aliphatic rings. The topological polar surface area (TPSA) is 76.4 Å². The van der Waals surface area contributed by atoms with Gasteiger partial charge in [0.15, 0.2) is 5.75 Å². The van der Waals surface area contributed by atoms with Crippen molar-refractivity contribution in [2.75, 3.05) is 12.4 Å². The standard InChI is InChI=1S/C28H37N3O3/c1-17(2)18-8-10-19(11-9-18)29-26-30-23-22(13-12-21(25(32)33)24(23)34-7)31(26)20-14-27(3,4)16-28(5,6)15-20/h8-13,17,20H,14-16H2,1-7H3,(H,29,30)(H,32,33). The van der Waals surface area contributed by atoms with Crippen LogP contribution in [0.15, 0.2) is 36.4 Å². The smallest absolute Gasteiger partial charge is 0.339 e. The zero-order valence-corrected chi connectivity index (χ0v) is 21.4. The molecule has 0 aliphatic heterocycles. The van der Waals surface area contributed by atoms with Crippen LogP contribution in [-0.2, 0) is 0 Å². The number of methoxy groups -OCH3 is 1. The number of nitrogens with one attached hydrogen (secondary N) is 1. The molecule has 182 valence electrons. The fourth-order valence-electron chi connectivity index (χ4n) is 6.02. The van der Waals surface area contributed by atoms with E-state index in [1.165, 1.54) is 12.7 Å². The number of hydrogen-bond acceptors (Lipinski definition) is 4. The largest absolute Gasteiger partial charge is 0.493 e. The van der Waals surface area contributed by atoms with Crippen LogP contribution in [0.3, 0.4) is 0 Å². The van der Waals surface area contributed by atoms with Crippen LogP contribution >= 0.6 is 0 Å². The number of carboxylic acids is 1. The summed E-state index contributed by atoms with van der Waals surface area (Å²) in [4.78, 5) is 16.7. The summed E-state index contributed by atoms with van der Waals surface area (Å²) in [6, 6.07) is 12.1. The maximum absolute atomic E-state index is 11.8. The van der Waals surface area contributed by atoms with E-state index in [9.17, 15) is 9.90 Å². The molecule has 0 spiro atoms. The predicted molar refractivity (Wildman–Crippen MR) is 138 cm³/mol. The molecule has 0 radical (unpaired) electrons. The van der Waals surface area contributed by atoms with Crippen LogP contribution in [-0.4, -0.2) is 27.7 Å². The summed E-state index contributed by atoms with van der Waals surface area (Å²) in [6.07, 6.45) is 3.20. The zero-order chi connectivity index (χ0) is 24.8. The van der Waals surface area contributed by atoms with Crippen LogP contribution in [0.4, 0.5) is 11.6 Å². The minimum absolute atomic E-state index is 0.122. The van der Waals surface area contributed by atoms with Crippen molar-refractivity contribution in [1.29, 1.82) is 0 Å². The number of nitrogens with zero attached hydrogens (tertiary/aromatic N) is 2. The molecule has 2 aromatic carbocycles. The van der Waals surface area contributed by atoms with E-state index in [0.29, 0.717) is 23.1 Å². The molecular weight excluding hydrogens is 426 g/mol. The molecule has 34 heavy (non-hydrogen) atoms. The van der Waals surface area contributed by atoms with Crippen LogP contribution in [0.1, 0.15) is 88.7 Å². The number of rotatable bonds is 6. The van der Waals surface area contributed by atoms with Crippen molar-refractivity contribution in [3.8, 4) is 5.75 Å². The fourth-order valence-corrected chi connectivity index (χ4v) is 6.02. The van der Waals surface area contributed by atoms with Gasteiger partial charge in [-0.3, -0.25) is 0 Å². The second-order valence-corrected chi connectivity index (χ2v) is 11.6. The Labute approximate surface area is 202 Å².